The van der Waals surface area contributed by atoms with Gasteiger partial charge in [0.15, 0.2) is 0 Å². The van der Waals surface area contributed by atoms with Crippen molar-refractivity contribution in [3.8, 4) is 6.07 Å². The molecule has 1 aromatic rings. The third-order valence-electron chi connectivity index (χ3n) is 2.32. The molecule has 0 aromatic heterocycles. The highest BCUT2D eigenvalue weighted by Crippen LogP contribution is 2.05. The van der Waals surface area contributed by atoms with Crippen LogP contribution in [0, 0.1) is 17.1 Å². The van der Waals surface area contributed by atoms with E-state index >= 15 is 0 Å². The van der Waals surface area contributed by atoms with Crippen LogP contribution in [0.25, 0.3) is 0 Å². The van der Waals surface area contributed by atoms with Gasteiger partial charge in [-0.2, -0.15) is 5.26 Å². The molecule has 0 unspecified atom stereocenters. The second kappa shape index (κ2) is 7.82. The third kappa shape index (κ3) is 5.17. The molecular formula is C13H14FN3O2. The third-order valence-corrected chi connectivity index (χ3v) is 2.32. The maximum absolute atomic E-state index is 13.3. The summed E-state index contributed by atoms with van der Waals surface area (Å²) in [7, 11) is 0. The summed E-state index contributed by atoms with van der Waals surface area (Å²) in [6.45, 7) is 0.679. The van der Waals surface area contributed by atoms with E-state index in [1.165, 1.54) is 18.2 Å². The molecule has 2 N–H and O–H groups in total. The van der Waals surface area contributed by atoms with Crippen molar-refractivity contribution in [3.05, 3.63) is 35.6 Å². The maximum Gasteiger partial charge on any atom is 0.254 e. The van der Waals surface area contributed by atoms with E-state index in [0.29, 0.717) is 19.5 Å². The van der Waals surface area contributed by atoms with Crippen molar-refractivity contribution in [3.63, 3.8) is 0 Å². The number of amides is 2. The molecule has 1 aromatic carbocycles. The molecular weight excluding hydrogens is 249 g/mol. The van der Waals surface area contributed by atoms with Gasteiger partial charge in [-0.1, -0.05) is 12.1 Å². The second-order valence-corrected chi connectivity index (χ2v) is 3.77. The number of benzene rings is 1. The fourth-order valence-corrected chi connectivity index (χ4v) is 1.39. The zero-order valence-corrected chi connectivity index (χ0v) is 10.3. The Balaban J connectivity index is 2.24. The lowest BCUT2D eigenvalue weighted by Gasteiger charge is -2.06. The van der Waals surface area contributed by atoms with Crippen LogP contribution in [-0.4, -0.2) is 24.9 Å². The minimum absolute atomic E-state index is 0.00369. The first-order chi connectivity index (χ1) is 9.15. The second-order valence-electron chi connectivity index (χ2n) is 3.77. The Bertz CT molecular complexity index is 497. The molecule has 0 saturated heterocycles. The molecule has 0 aliphatic heterocycles. The summed E-state index contributed by atoms with van der Waals surface area (Å²) in [5, 5.41) is 13.3. The molecule has 6 heteroatoms. The van der Waals surface area contributed by atoms with Crippen molar-refractivity contribution < 1.29 is 14.0 Å². The topological polar surface area (TPSA) is 82.0 Å². The average Bonchev–Trinajstić information content (AvgIpc) is 2.39. The summed E-state index contributed by atoms with van der Waals surface area (Å²) in [6.07, 6.45) is 0.332. The molecule has 1 rings (SSSR count). The lowest BCUT2D eigenvalue weighted by molar-refractivity contribution is -0.120. The SMILES string of the molecule is N#CCC(=O)NCCCNC(=O)c1ccccc1F. The van der Waals surface area contributed by atoms with Crippen molar-refractivity contribution >= 4 is 11.8 Å². The molecule has 0 aliphatic rings. The summed E-state index contributed by atoms with van der Waals surface area (Å²) in [4.78, 5) is 22.5. The number of hydrogen-bond donors (Lipinski definition) is 2. The fourth-order valence-electron chi connectivity index (χ4n) is 1.39. The predicted octanol–water partition coefficient (Wildman–Crippen LogP) is 0.975. The van der Waals surface area contributed by atoms with Gasteiger partial charge in [0, 0.05) is 13.1 Å². The number of carbonyl (C=O) groups is 2. The van der Waals surface area contributed by atoms with Crippen LogP contribution in [0.3, 0.4) is 0 Å². The molecule has 0 saturated carbocycles. The van der Waals surface area contributed by atoms with Crippen LogP contribution in [0.15, 0.2) is 24.3 Å². The smallest absolute Gasteiger partial charge is 0.254 e. The summed E-state index contributed by atoms with van der Waals surface area (Å²) in [6, 6.07) is 7.45. The van der Waals surface area contributed by atoms with E-state index in [1.54, 1.807) is 12.1 Å². The minimum Gasteiger partial charge on any atom is -0.355 e. The molecule has 0 radical (unpaired) electrons. The van der Waals surface area contributed by atoms with Crippen LogP contribution >= 0.6 is 0 Å². The Kier molecular flexibility index (Phi) is 6.03. The number of carbonyl (C=O) groups excluding carboxylic acids is 2. The average molecular weight is 263 g/mol. The highest BCUT2D eigenvalue weighted by Gasteiger charge is 2.09. The van der Waals surface area contributed by atoms with Crippen molar-refractivity contribution in [1.82, 2.24) is 10.6 Å². The summed E-state index contributed by atoms with van der Waals surface area (Å²) in [5.41, 5.74) is -0.00369. The molecule has 0 bridgehead atoms. The van der Waals surface area contributed by atoms with Crippen LogP contribution in [-0.2, 0) is 4.79 Å². The molecule has 0 atom stereocenters. The monoisotopic (exact) mass is 263 g/mol. The minimum atomic E-state index is -0.567. The Hall–Kier alpha value is -2.42. The summed E-state index contributed by atoms with van der Waals surface area (Å²) >= 11 is 0. The van der Waals surface area contributed by atoms with Gasteiger partial charge in [0.05, 0.1) is 11.6 Å². The molecule has 19 heavy (non-hydrogen) atoms. The summed E-state index contributed by atoms with van der Waals surface area (Å²) < 4.78 is 13.3. The molecule has 0 spiro atoms. The zero-order chi connectivity index (χ0) is 14.1. The van der Waals surface area contributed by atoms with Gasteiger partial charge >= 0.3 is 0 Å². The largest absolute Gasteiger partial charge is 0.355 e. The highest BCUT2D eigenvalue weighted by molar-refractivity contribution is 5.94. The van der Waals surface area contributed by atoms with Gasteiger partial charge in [-0.05, 0) is 18.6 Å². The van der Waals surface area contributed by atoms with Gasteiger partial charge in [0.2, 0.25) is 5.91 Å². The standard InChI is InChI=1S/C13H14FN3O2/c14-11-5-2-1-4-10(11)13(19)17-9-3-8-16-12(18)6-7-15/h1-2,4-5H,3,6,8-9H2,(H,16,18)(H,17,19). The lowest BCUT2D eigenvalue weighted by atomic mass is 10.2. The van der Waals surface area contributed by atoms with E-state index in [-0.39, 0.29) is 17.9 Å². The van der Waals surface area contributed by atoms with Crippen molar-refractivity contribution in [2.24, 2.45) is 0 Å². The van der Waals surface area contributed by atoms with Gasteiger partial charge in [-0.3, -0.25) is 9.59 Å². The van der Waals surface area contributed by atoms with Crippen molar-refractivity contribution in [1.29, 1.82) is 5.26 Å². The number of nitrogens with one attached hydrogen (secondary N) is 2. The summed E-state index contributed by atoms with van der Waals surface area (Å²) in [5.74, 6) is -1.40. The van der Waals surface area contributed by atoms with Crippen molar-refractivity contribution in [2.45, 2.75) is 12.8 Å². The van der Waals surface area contributed by atoms with E-state index in [4.69, 9.17) is 5.26 Å². The van der Waals surface area contributed by atoms with Crippen LogP contribution < -0.4 is 10.6 Å². The zero-order valence-electron chi connectivity index (χ0n) is 10.3. The normalized spacial score (nSPS) is 9.47. The first-order valence-electron chi connectivity index (χ1n) is 5.81. The van der Waals surface area contributed by atoms with E-state index in [0.717, 1.165) is 0 Å². The molecule has 2 amide bonds. The van der Waals surface area contributed by atoms with Gasteiger partial charge in [0.25, 0.3) is 5.91 Å². The van der Waals surface area contributed by atoms with Gasteiger partial charge in [-0.25, -0.2) is 4.39 Å². The van der Waals surface area contributed by atoms with E-state index in [1.807, 2.05) is 0 Å². The first-order valence-corrected chi connectivity index (χ1v) is 5.81. The Morgan fingerprint density at radius 2 is 1.89 bits per heavy atom. The molecule has 0 aliphatic carbocycles. The maximum atomic E-state index is 13.3. The fraction of sp³-hybridized carbons (Fsp3) is 0.308. The molecule has 0 heterocycles. The number of rotatable bonds is 6. The number of nitriles is 1. The predicted molar refractivity (Wildman–Crippen MR) is 66.6 cm³/mol. The highest BCUT2D eigenvalue weighted by atomic mass is 19.1. The van der Waals surface area contributed by atoms with Gasteiger partial charge in [-0.15, -0.1) is 0 Å². The Labute approximate surface area is 110 Å². The van der Waals surface area contributed by atoms with Crippen LogP contribution in [0.4, 0.5) is 4.39 Å². The lowest BCUT2D eigenvalue weighted by Crippen LogP contribution is -2.30. The van der Waals surface area contributed by atoms with E-state index < -0.39 is 11.7 Å². The van der Waals surface area contributed by atoms with Gasteiger partial charge < -0.3 is 10.6 Å². The Morgan fingerprint density at radius 1 is 1.21 bits per heavy atom. The van der Waals surface area contributed by atoms with Crippen LogP contribution in [0.2, 0.25) is 0 Å². The molecule has 5 nitrogen and oxygen atoms in total. The number of nitrogens with zero attached hydrogens (tertiary/aromatic N) is 1. The first kappa shape index (κ1) is 14.6. The van der Waals surface area contributed by atoms with E-state index in [2.05, 4.69) is 10.6 Å². The van der Waals surface area contributed by atoms with E-state index in [9.17, 15) is 14.0 Å². The Morgan fingerprint density at radius 3 is 2.58 bits per heavy atom. The van der Waals surface area contributed by atoms with Crippen molar-refractivity contribution in [2.75, 3.05) is 13.1 Å². The van der Waals surface area contributed by atoms with Crippen LogP contribution in [0.5, 0.6) is 0 Å². The molecule has 0 fully saturated rings. The van der Waals surface area contributed by atoms with Crippen LogP contribution in [0.1, 0.15) is 23.2 Å². The quantitative estimate of drug-likeness (QED) is 0.750. The molecule has 100 valence electrons. The number of hydrogen-bond acceptors (Lipinski definition) is 3. The number of halogens is 1. The van der Waals surface area contributed by atoms with Gasteiger partial charge in [0.1, 0.15) is 12.2 Å².